The van der Waals surface area contributed by atoms with Gasteiger partial charge in [0.2, 0.25) is 0 Å². The second kappa shape index (κ2) is 6.51. The van der Waals surface area contributed by atoms with Crippen molar-refractivity contribution < 1.29 is 0 Å². The first-order valence-corrected chi connectivity index (χ1v) is 8.19. The van der Waals surface area contributed by atoms with Gasteiger partial charge in [-0.3, -0.25) is 9.59 Å². The Bertz CT molecular complexity index is 1180. The van der Waals surface area contributed by atoms with Gasteiger partial charge in [0.1, 0.15) is 10.7 Å². The number of H-pyrrole nitrogens is 3. The van der Waals surface area contributed by atoms with Gasteiger partial charge >= 0.3 is 0 Å². The Labute approximate surface area is 149 Å². The zero-order valence-electron chi connectivity index (χ0n) is 14.9. The van der Waals surface area contributed by atoms with Crippen LogP contribution >= 0.6 is 0 Å². The second-order valence-electron chi connectivity index (χ2n) is 7.11. The highest BCUT2D eigenvalue weighted by Crippen LogP contribution is 2.22. The van der Waals surface area contributed by atoms with E-state index in [-0.39, 0.29) is 16.1 Å². The maximum atomic E-state index is 12.4. The summed E-state index contributed by atoms with van der Waals surface area (Å²) in [5.41, 5.74) is 7.57. The molecule has 0 radical (unpaired) electrons. The van der Waals surface area contributed by atoms with Gasteiger partial charge in [-0.1, -0.05) is 32.9 Å². The van der Waals surface area contributed by atoms with Gasteiger partial charge in [0, 0.05) is 16.8 Å². The molecule has 0 aliphatic rings. The minimum atomic E-state index is -0.400. The van der Waals surface area contributed by atoms with Gasteiger partial charge in [0.05, 0.1) is 12.0 Å². The van der Waals surface area contributed by atoms with Gasteiger partial charge in [-0.2, -0.15) is 0 Å². The molecule has 0 aliphatic heterocycles. The fourth-order valence-corrected chi connectivity index (χ4v) is 2.66. The number of nitrogens with one attached hydrogen (secondary N) is 3. The zero-order chi connectivity index (χ0) is 18.9. The standard InChI is InChI=1S/C19H21N5O2/c1-19(2,3)16-13(21-10-22-16)9-15-18(26)23-14(17(25)24-15)8-11-5-4-6-12(20)7-11/h4-10H,20H2,1-3H3,(H,21,22)(H,23,26)(H,24,25). The average molecular weight is 351 g/mol. The molecule has 0 unspecified atom stereocenters. The summed E-state index contributed by atoms with van der Waals surface area (Å²) in [6, 6.07) is 7.05. The van der Waals surface area contributed by atoms with Gasteiger partial charge < -0.3 is 20.7 Å². The molecule has 3 rings (SSSR count). The molecule has 2 heterocycles. The summed E-state index contributed by atoms with van der Waals surface area (Å²) in [5.74, 6) is 0. The van der Waals surface area contributed by atoms with Crippen molar-refractivity contribution in [3.63, 3.8) is 0 Å². The Morgan fingerprint density at radius 2 is 1.69 bits per heavy atom. The third kappa shape index (κ3) is 3.66. The maximum absolute atomic E-state index is 12.4. The molecule has 0 bridgehead atoms. The van der Waals surface area contributed by atoms with E-state index >= 15 is 0 Å². The molecule has 5 N–H and O–H groups in total. The van der Waals surface area contributed by atoms with Crippen LogP contribution in [-0.2, 0) is 5.41 Å². The average Bonchev–Trinajstić information content (AvgIpc) is 3.01. The highest BCUT2D eigenvalue weighted by atomic mass is 16.1. The predicted molar refractivity (Wildman–Crippen MR) is 102 cm³/mol. The Kier molecular flexibility index (Phi) is 4.38. The lowest BCUT2D eigenvalue weighted by molar-refractivity contribution is 0.571. The zero-order valence-corrected chi connectivity index (χ0v) is 14.9. The van der Waals surface area contributed by atoms with E-state index in [1.165, 1.54) is 0 Å². The molecule has 0 spiro atoms. The highest BCUT2D eigenvalue weighted by Gasteiger charge is 2.19. The molecule has 0 aliphatic carbocycles. The normalized spacial score (nSPS) is 13.3. The molecule has 0 fully saturated rings. The highest BCUT2D eigenvalue weighted by molar-refractivity contribution is 5.54. The van der Waals surface area contributed by atoms with Crippen LogP contribution in [0, 0.1) is 0 Å². The number of rotatable bonds is 2. The van der Waals surface area contributed by atoms with Crippen LogP contribution in [0.3, 0.4) is 0 Å². The lowest BCUT2D eigenvalue weighted by Crippen LogP contribution is -2.46. The number of nitrogens with zero attached hydrogens (tertiary/aromatic N) is 1. The van der Waals surface area contributed by atoms with E-state index in [0.29, 0.717) is 11.4 Å². The number of hydrogen-bond donors (Lipinski definition) is 4. The first kappa shape index (κ1) is 17.5. The summed E-state index contributed by atoms with van der Waals surface area (Å²) in [5, 5.41) is 0.313. The molecule has 26 heavy (non-hydrogen) atoms. The van der Waals surface area contributed by atoms with Gasteiger partial charge in [0.15, 0.2) is 0 Å². The number of benzene rings is 1. The van der Waals surface area contributed by atoms with E-state index in [1.54, 1.807) is 42.7 Å². The Morgan fingerprint density at radius 1 is 1.04 bits per heavy atom. The smallest absolute Gasteiger partial charge is 0.272 e. The van der Waals surface area contributed by atoms with Crippen molar-refractivity contribution in [3.05, 3.63) is 78.9 Å². The summed E-state index contributed by atoms with van der Waals surface area (Å²) < 4.78 is 0. The molecule has 134 valence electrons. The third-order valence-corrected chi connectivity index (χ3v) is 3.91. The molecule has 7 heteroatoms. The van der Waals surface area contributed by atoms with E-state index in [4.69, 9.17) is 5.73 Å². The summed E-state index contributed by atoms with van der Waals surface area (Å²) in [6.45, 7) is 6.11. The van der Waals surface area contributed by atoms with Crippen LogP contribution < -0.4 is 27.6 Å². The Hall–Kier alpha value is -3.35. The predicted octanol–water partition coefficient (Wildman–Crippen LogP) is 0.324. The number of anilines is 1. The van der Waals surface area contributed by atoms with Crippen LogP contribution in [0.2, 0.25) is 0 Å². The van der Waals surface area contributed by atoms with Crippen LogP contribution in [0.1, 0.15) is 37.7 Å². The number of nitrogen functional groups attached to an aromatic ring is 1. The minimum Gasteiger partial charge on any atom is -0.399 e. The lowest BCUT2D eigenvalue weighted by atomic mass is 9.90. The van der Waals surface area contributed by atoms with Crippen molar-refractivity contribution >= 4 is 17.8 Å². The molecular formula is C19H21N5O2. The largest absolute Gasteiger partial charge is 0.399 e. The van der Waals surface area contributed by atoms with Crippen molar-refractivity contribution in [3.8, 4) is 0 Å². The molecule has 3 aromatic rings. The Morgan fingerprint density at radius 3 is 2.31 bits per heavy atom. The summed E-state index contributed by atoms with van der Waals surface area (Å²) >= 11 is 0. The van der Waals surface area contributed by atoms with Crippen LogP contribution in [0.25, 0.3) is 12.2 Å². The first-order valence-electron chi connectivity index (χ1n) is 8.19. The molecule has 0 saturated carbocycles. The molecule has 7 nitrogen and oxygen atoms in total. The molecule has 2 aromatic heterocycles. The van der Waals surface area contributed by atoms with Crippen LogP contribution in [0.4, 0.5) is 5.69 Å². The maximum Gasteiger partial charge on any atom is 0.272 e. The fraction of sp³-hybridized carbons (Fsp3) is 0.211. The lowest BCUT2D eigenvalue weighted by Gasteiger charge is -2.16. The van der Waals surface area contributed by atoms with Crippen molar-refractivity contribution in [2.45, 2.75) is 26.2 Å². The monoisotopic (exact) mass is 351 g/mol. The van der Waals surface area contributed by atoms with Crippen molar-refractivity contribution in [2.75, 3.05) is 5.73 Å². The third-order valence-electron chi connectivity index (χ3n) is 3.91. The number of imidazole rings is 1. The molecule has 0 amide bonds. The summed E-state index contributed by atoms with van der Waals surface area (Å²) in [6.07, 6.45) is 4.72. The molecule has 0 saturated heterocycles. The first-order chi connectivity index (χ1) is 12.2. The molecular weight excluding hydrogens is 330 g/mol. The van der Waals surface area contributed by atoms with E-state index in [9.17, 15) is 9.59 Å². The van der Waals surface area contributed by atoms with E-state index in [0.717, 1.165) is 11.3 Å². The van der Waals surface area contributed by atoms with Crippen LogP contribution in [-0.4, -0.2) is 19.9 Å². The SMILES string of the molecule is CC(C)(C)c1[nH]cnc1C=c1[nH]c(=O)c(=Cc2cccc(N)c2)[nH]c1=O. The van der Waals surface area contributed by atoms with Gasteiger partial charge in [-0.25, -0.2) is 4.98 Å². The van der Waals surface area contributed by atoms with E-state index in [1.807, 2.05) is 20.8 Å². The van der Waals surface area contributed by atoms with E-state index in [2.05, 4.69) is 19.9 Å². The quantitative estimate of drug-likeness (QED) is 0.497. The van der Waals surface area contributed by atoms with Gasteiger partial charge in [-0.05, 0) is 29.8 Å². The number of aromatic amines is 3. The number of nitrogens with two attached hydrogens (primary N) is 1. The summed E-state index contributed by atoms with van der Waals surface area (Å²) in [7, 11) is 0. The molecule has 1 aromatic carbocycles. The van der Waals surface area contributed by atoms with Gasteiger partial charge in [-0.15, -0.1) is 0 Å². The number of aromatic nitrogens is 4. The van der Waals surface area contributed by atoms with Gasteiger partial charge in [0.25, 0.3) is 11.1 Å². The van der Waals surface area contributed by atoms with Crippen LogP contribution in [0.5, 0.6) is 0 Å². The topological polar surface area (TPSA) is 120 Å². The Balaban J connectivity index is 2.14. The van der Waals surface area contributed by atoms with E-state index < -0.39 is 11.1 Å². The fourth-order valence-electron chi connectivity index (χ4n) is 2.66. The number of hydrogen-bond acceptors (Lipinski definition) is 4. The minimum absolute atomic E-state index is 0.150. The molecule has 0 atom stereocenters. The van der Waals surface area contributed by atoms with Crippen molar-refractivity contribution in [2.24, 2.45) is 0 Å². The second-order valence-corrected chi connectivity index (χ2v) is 7.11. The van der Waals surface area contributed by atoms with Crippen molar-refractivity contribution in [1.82, 2.24) is 19.9 Å². The van der Waals surface area contributed by atoms with Crippen LogP contribution in [0.15, 0.2) is 40.2 Å². The summed E-state index contributed by atoms with van der Waals surface area (Å²) in [4.78, 5) is 37.3. The van der Waals surface area contributed by atoms with Crippen molar-refractivity contribution in [1.29, 1.82) is 0 Å².